The molecule has 0 unspecified atom stereocenters. The van der Waals surface area contributed by atoms with Crippen LogP contribution in [0.2, 0.25) is 0 Å². The molecule has 0 saturated heterocycles. The van der Waals surface area contributed by atoms with Gasteiger partial charge in [-0.05, 0) is 17.4 Å². The van der Waals surface area contributed by atoms with Gasteiger partial charge in [-0.3, -0.25) is 20.2 Å². The molecular weight excluding hydrogens is 306 g/mol. The summed E-state index contributed by atoms with van der Waals surface area (Å²) >= 11 is 1.45. The minimum absolute atomic E-state index is 0.0287. The number of aromatic amines is 1. The van der Waals surface area contributed by atoms with Gasteiger partial charge in [0, 0.05) is 18.2 Å². The summed E-state index contributed by atoms with van der Waals surface area (Å²) in [6.07, 6.45) is 2.76. The van der Waals surface area contributed by atoms with Crippen molar-refractivity contribution in [2.24, 2.45) is 0 Å². The predicted molar refractivity (Wildman–Crippen MR) is 83.5 cm³/mol. The van der Waals surface area contributed by atoms with Crippen molar-refractivity contribution in [2.75, 3.05) is 11.1 Å². The lowest BCUT2D eigenvalue weighted by Crippen LogP contribution is -2.09. The van der Waals surface area contributed by atoms with E-state index in [4.69, 9.17) is 0 Å². The van der Waals surface area contributed by atoms with Gasteiger partial charge in [0.05, 0.1) is 4.92 Å². The number of hydrogen-bond donors (Lipinski definition) is 2. The van der Waals surface area contributed by atoms with Crippen LogP contribution in [0.1, 0.15) is 12.5 Å². The SMILES string of the molecule is CCSc1n[nH]c(NC(=O)/C=C/c2cccc([N+](=O)[O-])c2)n1. The van der Waals surface area contributed by atoms with Crippen LogP contribution in [0.25, 0.3) is 6.08 Å². The Labute approximate surface area is 130 Å². The van der Waals surface area contributed by atoms with Crippen LogP contribution in [0.3, 0.4) is 0 Å². The minimum atomic E-state index is -0.487. The van der Waals surface area contributed by atoms with Crippen LogP contribution >= 0.6 is 11.8 Å². The van der Waals surface area contributed by atoms with Crippen molar-refractivity contribution < 1.29 is 9.72 Å². The highest BCUT2D eigenvalue weighted by Gasteiger charge is 2.06. The topological polar surface area (TPSA) is 114 Å². The van der Waals surface area contributed by atoms with E-state index >= 15 is 0 Å². The van der Waals surface area contributed by atoms with Gasteiger partial charge in [-0.2, -0.15) is 4.98 Å². The largest absolute Gasteiger partial charge is 0.291 e. The minimum Gasteiger partial charge on any atom is -0.291 e. The second kappa shape index (κ2) is 7.36. The van der Waals surface area contributed by atoms with Crippen molar-refractivity contribution in [3.63, 3.8) is 0 Å². The number of H-pyrrole nitrogens is 1. The molecule has 8 nitrogen and oxygen atoms in total. The van der Waals surface area contributed by atoms with E-state index in [-0.39, 0.29) is 11.6 Å². The molecule has 2 N–H and O–H groups in total. The highest BCUT2D eigenvalue weighted by molar-refractivity contribution is 7.99. The molecule has 114 valence electrons. The molecule has 22 heavy (non-hydrogen) atoms. The molecule has 0 aliphatic carbocycles. The van der Waals surface area contributed by atoms with E-state index < -0.39 is 10.8 Å². The average Bonchev–Trinajstić information content (AvgIpc) is 2.93. The van der Waals surface area contributed by atoms with E-state index in [1.165, 1.54) is 36.0 Å². The summed E-state index contributed by atoms with van der Waals surface area (Å²) in [6, 6.07) is 5.99. The van der Waals surface area contributed by atoms with E-state index in [2.05, 4.69) is 20.5 Å². The monoisotopic (exact) mass is 319 g/mol. The Morgan fingerprint density at radius 3 is 3.09 bits per heavy atom. The van der Waals surface area contributed by atoms with E-state index in [0.29, 0.717) is 10.7 Å². The van der Waals surface area contributed by atoms with Gasteiger partial charge in [0.2, 0.25) is 11.1 Å². The number of anilines is 1. The molecular formula is C13H13N5O3S. The summed E-state index contributed by atoms with van der Waals surface area (Å²) in [4.78, 5) is 26.0. The number of hydrogen-bond acceptors (Lipinski definition) is 6. The fraction of sp³-hybridized carbons (Fsp3) is 0.154. The van der Waals surface area contributed by atoms with Gasteiger partial charge in [0.1, 0.15) is 0 Å². The Morgan fingerprint density at radius 2 is 2.36 bits per heavy atom. The number of nitrogens with zero attached hydrogens (tertiary/aromatic N) is 3. The van der Waals surface area contributed by atoms with E-state index in [1.807, 2.05) is 6.92 Å². The molecule has 0 saturated carbocycles. The normalized spacial score (nSPS) is 10.8. The van der Waals surface area contributed by atoms with Gasteiger partial charge in [0.25, 0.3) is 11.6 Å². The van der Waals surface area contributed by atoms with E-state index in [0.717, 1.165) is 5.75 Å². The number of thioether (sulfide) groups is 1. The number of nitro groups is 1. The number of carbonyl (C=O) groups excluding carboxylic acids is 1. The summed E-state index contributed by atoms with van der Waals surface area (Å²) in [7, 11) is 0. The molecule has 0 aliphatic rings. The molecule has 0 bridgehead atoms. The van der Waals surface area contributed by atoms with Gasteiger partial charge < -0.3 is 0 Å². The van der Waals surface area contributed by atoms with Crippen LogP contribution in [0.4, 0.5) is 11.6 Å². The molecule has 2 rings (SSSR count). The summed E-state index contributed by atoms with van der Waals surface area (Å²) in [5, 5.41) is 20.3. The van der Waals surface area contributed by atoms with Gasteiger partial charge in [-0.25, -0.2) is 5.10 Å². The molecule has 0 radical (unpaired) electrons. The van der Waals surface area contributed by atoms with Crippen LogP contribution in [-0.2, 0) is 4.79 Å². The van der Waals surface area contributed by atoms with Crippen LogP contribution < -0.4 is 5.32 Å². The van der Waals surface area contributed by atoms with Crippen molar-refractivity contribution in [1.82, 2.24) is 15.2 Å². The number of nitrogens with one attached hydrogen (secondary N) is 2. The summed E-state index contributed by atoms with van der Waals surface area (Å²) in [6.45, 7) is 1.97. The Hall–Kier alpha value is -2.68. The van der Waals surface area contributed by atoms with E-state index in [9.17, 15) is 14.9 Å². The molecule has 1 heterocycles. The van der Waals surface area contributed by atoms with Gasteiger partial charge in [0.15, 0.2) is 0 Å². The second-order valence-corrected chi connectivity index (χ2v) is 5.31. The zero-order valence-corrected chi connectivity index (χ0v) is 12.5. The molecule has 1 aromatic carbocycles. The van der Waals surface area contributed by atoms with Crippen molar-refractivity contribution in [3.8, 4) is 0 Å². The number of rotatable bonds is 6. The van der Waals surface area contributed by atoms with Crippen molar-refractivity contribution in [2.45, 2.75) is 12.1 Å². The van der Waals surface area contributed by atoms with Crippen molar-refractivity contribution in [1.29, 1.82) is 0 Å². The Morgan fingerprint density at radius 1 is 1.55 bits per heavy atom. The molecule has 0 fully saturated rings. The number of aromatic nitrogens is 3. The molecule has 1 amide bonds. The number of amides is 1. The quantitative estimate of drug-likeness (QED) is 0.366. The highest BCUT2D eigenvalue weighted by atomic mass is 32.2. The third-order valence-electron chi connectivity index (χ3n) is 2.49. The molecule has 2 aromatic rings. The number of non-ortho nitro benzene ring substituents is 1. The smallest absolute Gasteiger partial charge is 0.270 e. The average molecular weight is 319 g/mol. The maximum absolute atomic E-state index is 11.7. The molecule has 0 atom stereocenters. The lowest BCUT2D eigenvalue weighted by molar-refractivity contribution is -0.384. The number of nitro benzene ring substituents is 1. The van der Waals surface area contributed by atoms with Crippen molar-refractivity contribution >= 4 is 35.4 Å². The van der Waals surface area contributed by atoms with Crippen LogP contribution in [-0.4, -0.2) is 31.8 Å². The first kappa shape index (κ1) is 15.7. The third-order valence-corrected chi connectivity index (χ3v) is 3.22. The highest BCUT2D eigenvalue weighted by Crippen LogP contribution is 2.15. The predicted octanol–water partition coefficient (Wildman–Crippen LogP) is 2.48. The second-order valence-electron chi connectivity index (χ2n) is 4.07. The molecule has 1 aromatic heterocycles. The number of carbonyl (C=O) groups is 1. The van der Waals surface area contributed by atoms with Gasteiger partial charge in [-0.1, -0.05) is 30.8 Å². The summed E-state index contributed by atoms with van der Waals surface area (Å²) in [5.74, 6) is 0.679. The van der Waals surface area contributed by atoms with Crippen LogP contribution in [0.5, 0.6) is 0 Å². The fourth-order valence-corrected chi connectivity index (χ4v) is 2.09. The standard InChI is InChI=1S/C13H13N5O3S/c1-2-22-13-15-12(16-17-13)14-11(19)7-6-9-4-3-5-10(8-9)18(20)21/h3-8H,2H2,1H3,(H2,14,15,16,17,19)/b7-6+. The first-order valence-corrected chi connectivity index (χ1v) is 7.35. The van der Waals surface area contributed by atoms with E-state index in [1.54, 1.807) is 12.1 Å². The maximum Gasteiger partial charge on any atom is 0.270 e. The van der Waals surface area contributed by atoms with Crippen LogP contribution in [0, 0.1) is 10.1 Å². The van der Waals surface area contributed by atoms with Gasteiger partial charge >= 0.3 is 0 Å². The first-order chi connectivity index (χ1) is 10.6. The van der Waals surface area contributed by atoms with Crippen LogP contribution in [0.15, 0.2) is 35.5 Å². The lowest BCUT2D eigenvalue weighted by Gasteiger charge is -1.96. The summed E-state index contributed by atoms with van der Waals surface area (Å²) in [5.41, 5.74) is 0.531. The Bertz CT molecular complexity index is 713. The maximum atomic E-state index is 11.7. The van der Waals surface area contributed by atoms with Crippen molar-refractivity contribution in [3.05, 3.63) is 46.0 Å². The Balaban J connectivity index is 1.98. The lowest BCUT2D eigenvalue weighted by atomic mass is 10.2. The first-order valence-electron chi connectivity index (χ1n) is 6.37. The summed E-state index contributed by atoms with van der Waals surface area (Å²) < 4.78 is 0. The molecule has 9 heteroatoms. The number of benzene rings is 1. The molecule has 0 spiro atoms. The zero-order valence-electron chi connectivity index (χ0n) is 11.6. The fourth-order valence-electron chi connectivity index (χ4n) is 1.57. The third kappa shape index (κ3) is 4.42. The zero-order chi connectivity index (χ0) is 15.9. The molecule has 0 aliphatic heterocycles. The van der Waals surface area contributed by atoms with Gasteiger partial charge in [-0.15, -0.1) is 5.10 Å². The Kier molecular flexibility index (Phi) is 5.26.